The number of amides is 1. The van der Waals surface area contributed by atoms with Crippen molar-refractivity contribution in [2.75, 3.05) is 13.2 Å². The number of ether oxygens (including phenoxy) is 1. The lowest BCUT2D eigenvalue weighted by Gasteiger charge is -2.30. The van der Waals surface area contributed by atoms with Gasteiger partial charge < -0.3 is 9.64 Å². The van der Waals surface area contributed by atoms with Crippen molar-refractivity contribution < 1.29 is 9.53 Å². The van der Waals surface area contributed by atoms with Gasteiger partial charge in [-0.15, -0.1) is 6.58 Å². The molecule has 0 bridgehead atoms. The third-order valence-corrected chi connectivity index (χ3v) is 5.24. The molecule has 0 radical (unpaired) electrons. The minimum absolute atomic E-state index is 0.187. The van der Waals surface area contributed by atoms with E-state index in [2.05, 4.69) is 30.8 Å². The Hall–Kier alpha value is -1.68. The van der Waals surface area contributed by atoms with Crippen molar-refractivity contribution in [1.29, 1.82) is 0 Å². The SMILES string of the molecule is C=CC1CC(c2ccccc2)(c2ccccc2)CN1C(=O)OCC(Cl)(Cl)Cl. The zero-order chi connectivity index (χ0) is 19.5. The molecule has 0 aromatic heterocycles. The van der Waals surface area contributed by atoms with Gasteiger partial charge in [0.15, 0.2) is 0 Å². The van der Waals surface area contributed by atoms with E-state index in [9.17, 15) is 4.79 Å². The maximum absolute atomic E-state index is 12.7. The first-order chi connectivity index (χ1) is 12.9. The molecule has 3 nitrogen and oxygen atoms in total. The summed E-state index contributed by atoms with van der Waals surface area (Å²) in [6.45, 7) is 4.06. The Kier molecular flexibility index (Phi) is 6.05. The van der Waals surface area contributed by atoms with Crippen LogP contribution in [0.2, 0.25) is 0 Å². The van der Waals surface area contributed by atoms with Gasteiger partial charge in [-0.25, -0.2) is 4.79 Å². The Morgan fingerprint density at radius 2 is 1.63 bits per heavy atom. The van der Waals surface area contributed by atoms with Crippen molar-refractivity contribution in [2.45, 2.75) is 21.7 Å². The number of hydrogen-bond donors (Lipinski definition) is 0. The van der Waals surface area contributed by atoms with Crippen LogP contribution in [0.25, 0.3) is 0 Å². The molecule has 1 aliphatic rings. The summed E-state index contributed by atoms with van der Waals surface area (Å²) in [4.78, 5) is 14.3. The van der Waals surface area contributed by atoms with Crippen molar-refractivity contribution in [1.82, 2.24) is 4.90 Å². The number of halogens is 3. The third-order valence-electron chi connectivity index (χ3n) is 4.92. The zero-order valence-corrected chi connectivity index (χ0v) is 16.9. The van der Waals surface area contributed by atoms with Gasteiger partial charge in [0.2, 0.25) is 3.79 Å². The van der Waals surface area contributed by atoms with E-state index < -0.39 is 9.89 Å². The Morgan fingerprint density at radius 3 is 2.07 bits per heavy atom. The van der Waals surface area contributed by atoms with Crippen LogP contribution >= 0.6 is 34.8 Å². The number of carbonyl (C=O) groups is 1. The van der Waals surface area contributed by atoms with Gasteiger partial charge in [0.25, 0.3) is 0 Å². The lowest BCUT2D eigenvalue weighted by Crippen LogP contribution is -2.38. The number of nitrogens with zero attached hydrogens (tertiary/aromatic N) is 1. The van der Waals surface area contributed by atoms with E-state index in [0.29, 0.717) is 13.0 Å². The van der Waals surface area contributed by atoms with E-state index >= 15 is 0 Å². The number of hydrogen-bond acceptors (Lipinski definition) is 2. The summed E-state index contributed by atoms with van der Waals surface area (Å²) in [5.41, 5.74) is 1.92. The largest absolute Gasteiger partial charge is 0.445 e. The van der Waals surface area contributed by atoms with Gasteiger partial charge in [-0.3, -0.25) is 0 Å². The van der Waals surface area contributed by atoms with Crippen molar-refractivity contribution >= 4 is 40.9 Å². The van der Waals surface area contributed by atoms with Crippen LogP contribution in [0.1, 0.15) is 17.5 Å². The number of carbonyl (C=O) groups excluding carboxylic acids is 1. The second-order valence-corrected chi connectivity index (χ2v) is 9.14. The molecule has 1 atom stereocenters. The second kappa shape index (κ2) is 8.14. The summed E-state index contributed by atoms with van der Waals surface area (Å²) < 4.78 is 3.59. The molecule has 1 heterocycles. The van der Waals surface area contributed by atoms with Gasteiger partial charge in [-0.2, -0.15) is 0 Å². The molecule has 2 aromatic rings. The summed E-state index contributed by atoms with van der Waals surface area (Å²) in [6, 6.07) is 20.1. The number of rotatable bonds is 4. The predicted molar refractivity (Wildman–Crippen MR) is 111 cm³/mol. The first-order valence-corrected chi connectivity index (χ1v) is 9.73. The van der Waals surface area contributed by atoms with Crippen molar-refractivity contribution in [2.24, 2.45) is 0 Å². The fourth-order valence-electron chi connectivity index (χ4n) is 3.68. The van der Waals surface area contributed by atoms with Gasteiger partial charge in [0.1, 0.15) is 6.61 Å². The highest BCUT2D eigenvalue weighted by atomic mass is 35.6. The highest BCUT2D eigenvalue weighted by molar-refractivity contribution is 6.67. The van der Waals surface area contributed by atoms with E-state index in [1.54, 1.807) is 11.0 Å². The smallest absolute Gasteiger partial charge is 0.410 e. The van der Waals surface area contributed by atoms with Crippen LogP contribution in [0.4, 0.5) is 4.79 Å². The number of benzene rings is 2. The van der Waals surface area contributed by atoms with Crippen molar-refractivity contribution in [3.63, 3.8) is 0 Å². The summed E-state index contributed by atoms with van der Waals surface area (Å²) in [6.07, 6.45) is 1.96. The predicted octanol–water partition coefficient (Wildman–Crippen LogP) is 5.74. The molecular formula is C21H20Cl3NO2. The Bertz CT molecular complexity index is 751. The van der Waals surface area contributed by atoms with Crippen molar-refractivity contribution in [3.05, 3.63) is 84.4 Å². The molecule has 1 amide bonds. The highest BCUT2D eigenvalue weighted by Gasteiger charge is 2.47. The summed E-state index contributed by atoms with van der Waals surface area (Å²) in [7, 11) is 0. The van der Waals surface area contributed by atoms with Gasteiger partial charge in [-0.05, 0) is 17.5 Å². The van der Waals surface area contributed by atoms with Crippen LogP contribution < -0.4 is 0 Å². The normalized spacial score (nSPS) is 18.9. The summed E-state index contributed by atoms with van der Waals surface area (Å²) in [5, 5.41) is 0. The lowest BCUT2D eigenvalue weighted by molar-refractivity contribution is 0.104. The molecular weight excluding hydrogens is 405 g/mol. The minimum Gasteiger partial charge on any atom is -0.445 e. The van der Waals surface area contributed by atoms with Crippen LogP contribution in [-0.4, -0.2) is 34.0 Å². The van der Waals surface area contributed by atoms with E-state index in [-0.39, 0.29) is 18.1 Å². The monoisotopic (exact) mass is 423 g/mol. The number of likely N-dealkylation sites (tertiary alicyclic amines) is 1. The quantitative estimate of drug-likeness (QED) is 0.462. The van der Waals surface area contributed by atoms with Gasteiger partial charge >= 0.3 is 6.09 Å². The maximum atomic E-state index is 12.7. The average molecular weight is 425 g/mol. The zero-order valence-electron chi connectivity index (χ0n) is 14.7. The Labute approximate surface area is 174 Å². The van der Waals surface area contributed by atoms with Crippen LogP contribution in [-0.2, 0) is 10.2 Å². The molecule has 27 heavy (non-hydrogen) atoms. The van der Waals surface area contributed by atoms with E-state index in [1.807, 2.05) is 36.4 Å². The molecule has 0 spiro atoms. The van der Waals surface area contributed by atoms with Crippen LogP contribution in [0, 0.1) is 0 Å². The third kappa shape index (κ3) is 4.43. The molecule has 1 aliphatic heterocycles. The van der Waals surface area contributed by atoms with Gasteiger partial charge in [0.05, 0.1) is 6.04 Å². The van der Waals surface area contributed by atoms with E-state index in [1.165, 1.54) is 0 Å². The molecule has 0 N–H and O–H groups in total. The molecule has 6 heteroatoms. The standard InChI is InChI=1S/C21H20Cl3NO2/c1-2-18-13-20(16-9-5-3-6-10-16,17-11-7-4-8-12-17)14-25(18)19(26)27-15-21(22,23)24/h2-12,18H,1,13-15H2. The fraction of sp³-hybridized carbons (Fsp3) is 0.286. The average Bonchev–Trinajstić information content (AvgIpc) is 3.08. The first-order valence-electron chi connectivity index (χ1n) is 8.59. The second-order valence-electron chi connectivity index (χ2n) is 6.62. The molecule has 142 valence electrons. The molecule has 1 unspecified atom stereocenters. The van der Waals surface area contributed by atoms with Gasteiger partial charge in [0, 0.05) is 12.0 Å². The number of alkyl halides is 3. The molecule has 1 saturated heterocycles. The Morgan fingerprint density at radius 1 is 1.11 bits per heavy atom. The van der Waals surface area contributed by atoms with Crippen LogP contribution in [0.5, 0.6) is 0 Å². The highest BCUT2D eigenvalue weighted by Crippen LogP contribution is 2.44. The minimum atomic E-state index is -1.64. The topological polar surface area (TPSA) is 29.5 Å². The van der Waals surface area contributed by atoms with Gasteiger partial charge in [-0.1, -0.05) is 102 Å². The molecule has 0 aliphatic carbocycles. The molecule has 2 aromatic carbocycles. The Balaban J connectivity index is 1.96. The summed E-state index contributed by atoms with van der Waals surface area (Å²) >= 11 is 17.2. The maximum Gasteiger partial charge on any atom is 0.410 e. The van der Waals surface area contributed by atoms with E-state index in [0.717, 1.165) is 11.1 Å². The van der Waals surface area contributed by atoms with Crippen LogP contribution in [0.3, 0.4) is 0 Å². The lowest BCUT2D eigenvalue weighted by atomic mass is 9.73. The first kappa shape index (κ1) is 20.1. The van der Waals surface area contributed by atoms with Crippen LogP contribution in [0.15, 0.2) is 73.3 Å². The molecule has 3 rings (SSSR count). The summed E-state index contributed by atoms with van der Waals surface area (Å²) in [5.74, 6) is 0. The van der Waals surface area contributed by atoms with E-state index in [4.69, 9.17) is 39.5 Å². The molecule has 1 fully saturated rings. The molecule has 0 saturated carbocycles. The fourth-order valence-corrected chi connectivity index (χ4v) is 3.84. The van der Waals surface area contributed by atoms with Crippen molar-refractivity contribution in [3.8, 4) is 0 Å².